The fourth-order valence-corrected chi connectivity index (χ4v) is 6.53. The van der Waals surface area contributed by atoms with Crippen LogP contribution in [0, 0.1) is 11.8 Å². The minimum absolute atomic E-state index is 0.0549. The van der Waals surface area contributed by atoms with E-state index in [2.05, 4.69) is 27.6 Å². The molecular formula is C33H30Cl2F3N7OS. The van der Waals surface area contributed by atoms with Crippen LogP contribution in [0.3, 0.4) is 0 Å². The van der Waals surface area contributed by atoms with Gasteiger partial charge < -0.3 is 11.1 Å². The molecule has 3 heterocycles. The van der Waals surface area contributed by atoms with Crippen LogP contribution in [0.15, 0.2) is 59.6 Å². The Bertz CT molecular complexity index is 1870. The third kappa shape index (κ3) is 8.11. The van der Waals surface area contributed by atoms with Crippen molar-refractivity contribution in [1.29, 1.82) is 0 Å². The smallest absolute Gasteiger partial charge is 0.370 e. The predicted molar refractivity (Wildman–Crippen MR) is 179 cm³/mol. The Morgan fingerprint density at radius 3 is 2.47 bits per heavy atom. The molecular weight excluding hydrogens is 670 g/mol. The van der Waals surface area contributed by atoms with Crippen LogP contribution < -0.4 is 16.5 Å². The summed E-state index contributed by atoms with van der Waals surface area (Å²) in [6.45, 7) is 1.53. The first-order chi connectivity index (χ1) is 22.5. The molecule has 1 aliphatic heterocycles. The molecule has 47 heavy (non-hydrogen) atoms. The summed E-state index contributed by atoms with van der Waals surface area (Å²) in [5.41, 5.74) is 10.7. The number of carbonyl (C=O) groups is 1. The number of guanidine groups is 1. The fraction of sp³-hybridized carbons (Fsp3) is 0.303. The summed E-state index contributed by atoms with van der Waals surface area (Å²) < 4.78 is 40.6. The van der Waals surface area contributed by atoms with Crippen molar-refractivity contribution < 1.29 is 18.0 Å². The number of halogens is 5. The molecule has 2 aromatic carbocycles. The van der Waals surface area contributed by atoms with E-state index in [1.54, 1.807) is 28.9 Å². The molecule has 14 heteroatoms. The Balaban J connectivity index is 1.42. The number of piperidine rings is 1. The Labute approximate surface area is 283 Å². The number of benzene rings is 2. The Morgan fingerprint density at radius 1 is 1.04 bits per heavy atom. The lowest BCUT2D eigenvalue weighted by Gasteiger charge is -2.26. The number of aromatic nitrogens is 2. The monoisotopic (exact) mass is 699 g/mol. The predicted octanol–water partition coefficient (Wildman–Crippen LogP) is 7.02. The number of amides is 1. The van der Waals surface area contributed by atoms with Crippen molar-refractivity contribution in [1.82, 2.24) is 25.5 Å². The van der Waals surface area contributed by atoms with Gasteiger partial charge in [0.15, 0.2) is 11.7 Å². The van der Waals surface area contributed by atoms with Gasteiger partial charge in [-0.1, -0.05) is 41.5 Å². The number of nitrogens with zero attached hydrogens (tertiary/aromatic N) is 4. The van der Waals surface area contributed by atoms with Gasteiger partial charge in [-0.3, -0.25) is 10.2 Å². The molecule has 0 radical (unpaired) electrons. The van der Waals surface area contributed by atoms with E-state index in [0.717, 1.165) is 62.2 Å². The number of thiophene rings is 1. The maximum absolute atomic E-state index is 13.8. The molecule has 4 aromatic rings. The second-order valence-electron chi connectivity index (χ2n) is 11.3. The second kappa shape index (κ2) is 14.0. The number of aliphatic imine (C=N–C) groups is 1. The van der Waals surface area contributed by atoms with Gasteiger partial charge in [0.2, 0.25) is 0 Å². The Kier molecular flexibility index (Phi) is 9.80. The molecule has 1 aliphatic carbocycles. The van der Waals surface area contributed by atoms with Gasteiger partial charge >= 0.3 is 6.18 Å². The minimum atomic E-state index is -4.42. The molecule has 4 N–H and O–H groups in total. The Hall–Kier alpha value is -4.02. The van der Waals surface area contributed by atoms with Crippen LogP contribution in [-0.2, 0) is 12.7 Å². The molecule has 0 atom stereocenters. The van der Waals surface area contributed by atoms with Gasteiger partial charge in [0.1, 0.15) is 0 Å². The van der Waals surface area contributed by atoms with E-state index in [4.69, 9.17) is 34.0 Å². The summed E-state index contributed by atoms with van der Waals surface area (Å²) >= 11 is 14.2. The van der Waals surface area contributed by atoms with Crippen molar-refractivity contribution >= 4 is 46.4 Å². The molecule has 2 fully saturated rings. The Morgan fingerprint density at radius 2 is 1.79 bits per heavy atom. The van der Waals surface area contributed by atoms with Gasteiger partial charge in [-0.05, 0) is 80.3 Å². The topological polar surface area (TPSA) is 101 Å². The highest BCUT2D eigenvalue weighted by Gasteiger charge is 2.30. The highest BCUT2D eigenvalue weighted by Crippen LogP contribution is 2.37. The van der Waals surface area contributed by atoms with E-state index >= 15 is 0 Å². The van der Waals surface area contributed by atoms with Gasteiger partial charge in [0, 0.05) is 35.3 Å². The summed E-state index contributed by atoms with van der Waals surface area (Å²) in [5, 5.41) is 10.6. The van der Waals surface area contributed by atoms with E-state index in [-0.39, 0.29) is 24.1 Å². The van der Waals surface area contributed by atoms with Crippen LogP contribution >= 0.6 is 34.5 Å². The summed E-state index contributed by atoms with van der Waals surface area (Å²) in [4.78, 5) is 19.8. The number of nitrogens with one attached hydrogen (secondary N) is 2. The summed E-state index contributed by atoms with van der Waals surface area (Å²) in [6.07, 6.45) is 0.677. The largest absolute Gasteiger partial charge is 0.416 e. The highest BCUT2D eigenvalue weighted by atomic mass is 35.5. The molecule has 0 unspecified atom stereocenters. The number of rotatable bonds is 7. The number of carbonyl (C=O) groups excluding carboxylic acids is 1. The van der Waals surface area contributed by atoms with Crippen molar-refractivity contribution in [2.45, 2.75) is 50.9 Å². The maximum Gasteiger partial charge on any atom is 0.416 e. The summed E-state index contributed by atoms with van der Waals surface area (Å²) in [6, 6.07) is 13.6. The lowest BCUT2D eigenvalue weighted by molar-refractivity contribution is -0.137. The standard InChI is InChI=1S/C33H30Cl2F3N7OS/c34-22-9-14-27(26(35)18-22)45-30(28-15-13-24(47-28)12-6-20-4-7-21(8-5-20)33(36,37)38)25(19-40-32(39)41-23-10-11-23)29(42-45)31(46)43-44-16-2-1-3-17-44/h4-5,7-9,13-15,18,23H,1-3,10-11,16-17,19H2,(H,43,46)(H3,39,40,41). The molecule has 2 aromatic heterocycles. The first-order valence-electron chi connectivity index (χ1n) is 15.0. The van der Waals surface area contributed by atoms with Crippen LogP contribution in [0.25, 0.3) is 16.3 Å². The van der Waals surface area contributed by atoms with Gasteiger partial charge in [-0.2, -0.15) is 18.3 Å². The zero-order valence-electron chi connectivity index (χ0n) is 25.0. The maximum atomic E-state index is 13.8. The summed E-state index contributed by atoms with van der Waals surface area (Å²) in [5.74, 6) is 5.86. The SMILES string of the molecule is NC(=NCc1c(C(=O)NN2CCCCC2)nn(-c2ccc(Cl)cc2Cl)c1-c1ccc(C#Cc2ccc(C(F)(F)F)cc2)s1)NC1CC1. The van der Waals surface area contributed by atoms with Crippen molar-refractivity contribution in [3.8, 4) is 28.1 Å². The van der Waals surface area contributed by atoms with Crippen molar-refractivity contribution in [3.63, 3.8) is 0 Å². The number of hydrazine groups is 1. The van der Waals surface area contributed by atoms with Gasteiger partial charge in [0.05, 0.1) is 38.3 Å². The van der Waals surface area contributed by atoms with Gasteiger partial charge in [0.25, 0.3) is 5.91 Å². The van der Waals surface area contributed by atoms with E-state index < -0.39 is 11.7 Å². The van der Waals surface area contributed by atoms with Crippen molar-refractivity contribution in [3.05, 3.63) is 91.9 Å². The van der Waals surface area contributed by atoms with Crippen LogP contribution in [0.4, 0.5) is 13.2 Å². The number of hydrogen-bond donors (Lipinski definition) is 3. The molecule has 6 rings (SSSR count). The molecule has 2 aliphatic rings. The fourth-order valence-electron chi connectivity index (χ4n) is 5.12. The first-order valence-corrected chi connectivity index (χ1v) is 16.6. The van der Waals surface area contributed by atoms with Crippen LogP contribution in [-0.4, -0.2) is 45.8 Å². The van der Waals surface area contributed by atoms with E-state index in [0.29, 0.717) is 43.5 Å². The molecule has 1 saturated carbocycles. The average molecular weight is 701 g/mol. The molecule has 0 spiro atoms. The van der Waals surface area contributed by atoms with E-state index in [1.165, 1.54) is 23.5 Å². The normalized spacial score (nSPS) is 15.6. The third-order valence-corrected chi connectivity index (χ3v) is 9.22. The first kappa shape index (κ1) is 32.9. The number of alkyl halides is 3. The van der Waals surface area contributed by atoms with E-state index in [1.807, 2.05) is 11.1 Å². The van der Waals surface area contributed by atoms with Gasteiger partial charge in [-0.15, -0.1) is 11.3 Å². The third-order valence-electron chi connectivity index (χ3n) is 7.67. The minimum Gasteiger partial charge on any atom is -0.370 e. The number of nitrogens with two attached hydrogens (primary N) is 1. The second-order valence-corrected chi connectivity index (χ2v) is 13.2. The summed E-state index contributed by atoms with van der Waals surface area (Å²) in [7, 11) is 0. The van der Waals surface area contributed by atoms with Crippen LogP contribution in [0.5, 0.6) is 0 Å². The molecule has 0 bridgehead atoms. The molecule has 1 amide bonds. The van der Waals surface area contributed by atoms with Gasteiger partial charge in [-0.25, -0.2) is 14.7 Å². The van der Waals surface area contributed by atoms with E-state index in [9.17, 15) is 18.0 Å². The quantitative estimate of drug-likeness (QED) is 0.109. The molecule has 1 saturated heterocycles. The van der Waals surface area contributed by atoms with Crippen LogP contribution in [0.2, 0.25) is 10.0 Å². The lowest BCUT2D eigenvalue weighted by Crippen LogP contribution is -2.45. The van der Waals surface area contributed by atoms with Crippen LogP contribution in [0.1, 0.15) is 64.2 Å². The van der Waals surface area contributed by atoms with Crippen molar-refractivity contribution in [2.24, 2.45) is 10.7 Å². The number of hydrogen-bond acceptors (Lipinski definition) is 5. The zero-order valence-corrected chi connectivity index (χ0v) is 27.3. The molecule has 8 nitrogen and oxygen atoms in total. The lowest BCUT2D eigenvalue weighted by atomic mass is 10.1. The average Bonchev–Trinajstić information content (AvgIpc) is 3.58. The molecule has 244 valence electrons. The van der Waals surface area contributed by atoms with Crippen molar-refractivity contribution in [2.75, 3.05) is 13.1 Å². The zero-order chi connectivity index (χ0) is 33.1. The highest BCUT2D eigenvalue weighted by molar-refractivity contribution is 7.16.